The van der Waals surface area contributed by atoms with Crippen molar-refractivity contribution in [3.05, 3.63) is 358 Å². The zero-order chi connectivity index (χ0) is 101. The molecule has 17 aromatic rings. The van der Waals surface area contributed by atoms with E-state index in [2.05, 4.69) is 87.3 Å². The fraction of sp³-hybridized carbons (Fsp3) is 0.217. The molecular formula is C115H110N6O2Pt2-2. The zero-order valence-electron chi connectivity index (χ0n) is 90.3. The third-order valence-electron chi connectivity index (χ3n) is 23.0. The standard InChI is InChI=1S/C60H56N3O.C55H54N3O.2Pt/c1-36(2)42-18-20-44(21-19-42)46-24-25-61-55(35-46)52-33-49(43-14-11-10-12-15-43)32-51(34-52)53-16-13-17-57-58(53)62-60(54-27-39(7)26-41(9)59(54)64)63(57)56-23-22-45(28-40(56)8)50-30-47(37(3)4)29-48(31-50)38(5)6;1-33(2)41-26-42(34(3)4)28-43(27-41)39-19-20-50(36(6)25-39)58-51-18-14-17-47(52(51)57-54(58)48-24-35(5)23-37(7)53(48)59)44-29-45(31-46(30-44)55(8,9)10)49-32-40(21-22-56-49)38-15-12-11-13-16-38;;/h10-33,35-38,64H,1-9H3;11-28,30-34,59H,1-10H3;;/q2*-1;;/i8D3,36D,37D;6D3,11D,12D,13D,15D,16D,21D,22D,32D,33D;;. The number of imidazole rings is 2. The first kappa shape index (κ1) is 69.4. The summed E-state index contributed by atoms with van der Waals surface area (Å²) in [7, 11) is 0. The number of aryl methyl sites for hydroxylation is 6. The van der Waals surface area contributed by atoms with Gasteiger partial charge in [0.25, 0.3) is 0 Å². The topological polar surface area (TPSA) is 102 Å². The van der Waals surface area contributed by atoms with Gasteiger partial charge in [0.2, 0.25) is 0 Å². The van der Waals surface area contributed by atoms with Crippen molar-refractivity contribution in [2.24, 2.45) is 0 Å². The molecule has 0 aliphatic heterocycles. The Bertz CT molecular complexity index is 7780. The number of pyridine rings is 2. The molecule has 0 bridgehead atoms. The van der Waals surface area contributed by atoms with Crippen molar-refractivity contribution in [1.82, 2.24) is 29.1 Å². The maximum atomic E-state index is 11.8. The summed E-state index contributed by atoms with van der Waals surface area (Å²) in [6.07, 6.45) is 1.24. The Hall–Kier alpha value is -11.9. The maximum Gasteiger partial charge on any atom is 0.148 e. The van der Waals surface area contributed by atoms with Gasteiger partial charge in [0.1, 0.15) is 23.1 Å². The summed E-state index contributed by atoms with van der Waals surface area (Å²) in [5.41, 5.74) is 22.3. The van der Waals surface area contributed by atoms with Crippen molar-refractivity contribution in [3.8, 4) is 146 Å². The second kappa shape index (κ2) is 37.1. The molecule has 0 saturated carbocycles. The summed E-state index contributed by atoms with van der Waals surface area (Å²) in [6, 6.07) is 75.1. The number of phenolic OH excluding ortho intramolecular Hbond substituents is 2. The van der Waals surface area contributed by atoms with Gasteiger partial charge < -0.3 is 10.2 Å². The van der Waals surface area contributed by atoms with Crippen LogP contribution in [0.4, 0.5) is 0 Å². The second-order valence-electron chi connectivity index (χ2n) is 34.5. The molecule has 17 rings (SSSR count). The van der Waals surface area contributed by atoms with E-state index in [1.54, 1.807) is 41.8 Å². The van der Waals surface area contributed by atoms with Gasteiger partial charge in [-0.3, -0.25) is 19.1 Å². The average molecular weight is 2020 g/mol. The van der Waals surface area contributed by atoms with Gasteiger partial charge in [0.15, 0.2) is 0 Å². The minimum absolute atomic E-state index is 0. The number of aromatic nitrogens is 6. The van der Waals surface area contributed by atoms with Crippen LogP contribution >= 0.6 is 0 Å². The first-order valence-electron chi connectivity index (χ1n) is 50.2. The predicted molar refractivity (Wildman–Crippen MR) is 516 cm³/mol. The SMILES string of the molecule is [2H]C([2H])([2H])c1cc(-c2cc(C(C)C)cc(C([2H])(C)C)c2)ccc1-n1c(-c2cc(C)cc(C)c2O)nc2c(-c3[c-]c(-c4cc(-c5ccc(C([2H])(C)C)cc5)ccn4)cc(-c4ccccc4)c3)cccc21.[2H]c1nc(-c2[c-]c(-c3cccc4c3nc(-c3cc(C)cc(C)c3O)n4-c3ccc(-c4cc(C(C)C)cc(C([2H])(C)C)c4)cc3C([2H])([2H])[2H])cc(C(C)(C)C)c2)c([2H])c(-c2c([2H])c([2H])c([2H])c([2H])c2[2H])c1[2H].[Pt].[Pt]. The van der Waals surface area contributed by atoms with Gasteiger partial charge in [-0.25, -0.2) is 9.97 Å². The molecular weight excluding hydrogens is 1890 g/mol. The van der Waals surface area contributed by atoms with Crippen molar-refractivity contribution in [3.63, 3.8) is 0 Å². The van der Waals surface area contributed by atoms with Crippen LogP contribution in [0.25, 0.3) is 157 Å². The molecule has 0 fully saturated rings. The molecule has 0 atom stereocenters. The predicted octanol–water partition coefficient (Wildman–Crippen LogP) is 30.9. The molecule has 0 spiro atoms. The van der Waals surface area contributed by atoms with E-state index in [0.717, 1.165) is 106 Å². The molecule has 634 valence electrons. The fourth-order valence-corrected chi connectivity index (χ4v) is 16.1. The van der Waals surface area contributed by atoms with Crippen molar-refractivity contribution in [2.75, 3.05) is 0 Å². The normalized spacial score (nSPS) is 14.0. The van der Waals surface area contributed by atoms with Gasteiger partial charge in [0.05, 0.1) is 55.5 Å². The minimum atomic E-state index is -2.64. The van der Waals surface area contributed by atoms with Crippen LogP contribution in [0.15, 0.2) is 279 Å². The molecule has 0 aliphatic rings. The monoisotopic (exact) mass is 2010 g/mol. The van der Waals surface area contributed by atoms with Crippen LogP contribution in [-0.4, -0.2) is 39.3 Å². The molecule has 13 aromatic carbocycles. The average Bonchev–Trinajstić information content (AvgIpc) is 1.29. The number of benzene rings is 13. The van der Waals surface area contributed by atoms with Gasteiger partial charge >= 0.3 is 0 Å². The number of rotatable bonds is 18. The number of hydrogen-bond donors (Lipinski definition) is 2. The van der Waals surface area contributed by atoms with Crippen LogP contribution in [0, 0.1) is 53.5 Å². The van der Waals surface area contributed by atoms with E-state index in [1.165, 1.54) is 0 Å². The van der Waals surface area contributed by atoms with Gasteiger partial charge in [-0.2, -0.15) is 0 Å². The smallest absolute Gasteiger partial charge is 0.148 e. The first-order chi connectivity index (χ1) is 65.6. The van der Waals surface area contributed by atoms with Crippen molar-refractivity contribution in [1.29, 1.82) is 0 Å². The zero-order valence-corrected chi connectivity index (χ0v) is 77.8. The third-order valence-corrected chi connectivity index (χ3v) is 23.0. The maximum absolute atomic E-state index is 11.8. The molecule has 125 heavy (non-hydrogen) atoms. The Kier molecular flexibility index (Phi) is 20.6. The summed E-state index contributed by atoms with van der Waals surface area (Å²) in [5.74, 6) is -1.46. The Balaban J connectivity index is 0.000000223. The van der Waals surface area contributed by atoms with Gasteiger partial charge in [0, 0.05) is 78.2 Å². The number of phenols is 2. The summed E-state index contributed by atoms with van der Waals surface area (Å²) in [6.45, 7) is 27.8. The van der Waals surface area contributed by atoms with Crippen LogP contribution in [0.3, 0.4) is 0 Å². The molecule has 0 saturated heterocycles. The second-order valence-corrected chi connectivity index (χ2v) is 34.5. The van der Waals surface area contributed by atoms with Crippen LogP contribution in [0.5, 0.6) is 11.5 Å². The summed E-state index contributed by atoms with van der Waals surface area (Å²) in [4.78, 5) is 19.9. The first-order valence-corrected chi connectivity index (χ1v) is 41.7. The Morgan fingerprint density at radius 1 is 0.376 bits per heavy atom. The van der Waals surface area contributed by atoms with Crippen molar-refractivity contribution < 1.29 is 75.6 Å². The molecule has 4 aromatic heterocycles. The van der Waals surface area contributed by atoms with E-state index in [-0.39, 0.29) is 105 Å². The molecule has 10 heteroatoms. The fourth-order valence-electron chi connectivity index (χ4n) is 16.1. The van der Waals surface area contributed by atoms with Crippen LogP contribution in [-0.2, 0) is 47.5 Å². The molecule has 0 aliphatic carbocycles. The molecule has 2 N–H and O–H groups in total. The van der Waals surface area contributed by atoms with Crippen LogP contribution < -0.4 is 0 Å². The van der Waals surface area contributed by atoms with Crippen molar-refractivity contribution in [2.45, 2.75) is 166 Å². The number of nitrogens with zero attached hydrogens (tertiary/aromatic N) is 6. The van der Waals surface area contributed by atoms with Gasteiger partial charge in [-0.1, -0.05) is 300 Å². The molecule has 0 amide bonds. The number of hydrogen-bond acceptors (Lipinski definition) is 6. The number of para-hydroxylation sites is 2. The summed E-state index contributed by atoms with van der Waals surface area (Å²) in [5, 5.41) is 23.6. The quantitative estimate of drug-likeness (QED) is 0.0830. The number of fused-ring (bicyclic) bond motifs is 2. The van der Waals surface area contributed by atoms with E-state index in [1.807, 2.05) is 246 Å². The Morgan fingerprint density at radius 2 is 0.832 bits per heavy atom. The van der Waals surface area contributed by atoms with Crippen LogP contribution in [0.1, 0.15) is 210 Å². The molecule has 4 heterocycles. The largest absolute Gasteiger partial charge is 0.507 e. The minimum Gasteiger partial charge on any atom is -0.507 e. The number of aromatic hydroxyl groups is 2. The Morgan fingerprint density at radius 3 is 1.33 bits per heavy atom. The molecule has 0 radical (unpaired) electrons. The van der Waals surface area contributed by atoms with E-state index < -0.39 is 85.3 Å². The van der Waals surface area contributed by atoms with Gasteiger partial charge in [-0.05, 0) is 248 Å². The van der Waals surface area contributed by atoms with Gasteiger partial charge in [-0.15, -0.1) is 53.1 Å². The van der Waals surface area contributed by atoms with E-state index >= 15 is 0 Å². The molecule has 0 unspecified atom stereocenters. The molecule has 8 nitrogen and oxygen atoms in total. The third kappa shape index (κ3) is 18.6. The van der Waals surface area contributed by atoms with Crippen molar-refractivity contribution >= 4 is 22.1 Å². The van der Waals surface area contributed by atoms with E-state index in [0.29, 0.717) is 78.2 Å². The van der Waals surface area contributed by atoms with E-state index in [9.17, 15) is 11.6 Å². The summed E-state index contributed by atoms with van der Waals surface area (Å²) >= 11 is 0. The summed E-state index contributed by atoms with van der Waals surface area (Å²) < 4.78 is 153. The Labute approximate surface area is 792 Å². The van der Waals surface area contributed by atoms with Crippen LogP contribution in [0.2, 0.25) is 0 Å². The van der Waals surface area contributed by atoms with E-state index in [4.69, 9.17) is 36.9 Å².